The number of nitrogens with zero attached hydrogens (tertiary/aromatic N) is 2. The van der Waals surface area contributed by atoms with Gasteiger partial charge in [-0.05, 0) is 13.8 Å². The van der Waals surface area contributed by atoms with Crippen molar-refractivity contribution in [2.45, 2.75) is 24.9 Å². The Hall–Kier alpha value is -0.880. The van der Waals surface area contributed by atoms with Crippen molar-refractivity contribution >= 4 is 19.7 Å². The molecule has 1 aromatic heterocycles. The Balaban J connectivity index is 3.52. The maximum atomic E-state index is 11.5. The minimum atomic E-state index is -4.06. The van der Waals surface area contributed by atoms with Crippen molar-refractivity contribution in [1.82, 2.24) is 9.55 Å². The van der Waals surface area contributed by atoms with E-state index < -0.39 is 19.6 Å². The average Bonchev–Trinajstić information content (AvgIpc) is 2.01. The number of rotatable bonds is 2. The van der Waals surface area contributed by atoms with E-state index in [-0.39, 0.29) is 6.04 Å². The maximum Gasteiger partial charge on any atom is 0.289 e. The van der Waals surface area contributed by atoms with Gasteiger partial charge >= 0.3 is 0 Å². The van der Waals surface area contributed by atoms with Gasteiger partial charge in [0.05, 0.1) is 0 Å². The highest BCUT2D eigenvalue weighted by Gasteiger charge is 2.18. The van der Waals surface area contributed by atoms with Crippen LogP contribution in [0, 0.1) is 0 Å². The van der Waals surface area contributed by atoms with Crippen LogP contribution in [0.15, 0.2) is 22.2 Å². The normalized spacial score (nSPS) is 12.0. The standard InChI is InChI=1S/C7H9ClN2O3S/c1-5(2)10-4-3-9-6(7(10)11)14(8,12)13/h3-5H,1-2H3. The Morgan fingerprint density at radius 3 is 2.50 bits per heavy atom. The van der Waals surface area contributed by atoms with E-state index in [0.29, 0.717) is 0 Å². The van der Waals surface area contributed by atoms with Crippen LogP contribution in [0.4, 0.5) is 0 Å². The minimum absolute atomic E-state index is 0.136. The highest BCUT2D eigenvalue weighted by molar-refractivity contribution is 8.13. The molecule has 0 N–H and O–H groups in total. The van der Waals surface area contributed by atoms with Crippen LogP contribution >= 0.6 is 10.7 Å². The van der Waals surface area contributed by atoms with Gasteiger partial charge < -0.3 is 4.57 Å². The first kappa shape index (κ1) is 11.2. The van der Waals surface area contributed by atoms with E-state index in [1.807, 2.05) is 0 Å². The van der Waals surface area contributed by atoms with Crippen LogP contribution in [0.2, 0.25) is 0 Å². The summed E-state index contributed by atoms with van der Waals surface area (Å²) < 4.78 is 23.1. The summed E-state index contributed by atoms with van der Waals surface area (Å²) >= 11 is 0. The maximum absolute atomic E-state index is 11.5. The molecule has 0 saturated carbocycles. The van der Waals surface area contributed by atoms with E-state index in [2.05, 4.69) is 4.98 Å². The molecule has 0 atom stereocenters. The van der Waals surface area contributed by atoms with Crippen molar-refractivity contribution < 1.29 is 8.42 Å². The van der Waals surface area contributed by atoms with Gasteiger partial charge in [-0.2, -0.15) is 0 Å². The summed E-state index contributed by atoms with van der Waals surface area (Å²) in [5.41, 5.74) is -0.697. The summed E-state index contributed by atoms with van der Waals surface area (Å²) in [6, 6.07) is -0.136. The zero-order valence-electron chi connectivity index (χ0n) is 7.64. The first-order valence-corrected chi connectivity index (χ1v) is 6.17. The molecule has 0 saturated heterocycles. The third-order valence-electron chi connectivity index (χ3n) is 1.62. The molecule has 0 aromatic carbocycles. The lowest BCUT2D eigenvalue weighted by molar-refractivity contribution is 0.552. The predicted molar refractivity (Wildman–Crippen MR) is 51.9 cm³/mol. The van der Waals surface area contributed by atoms with Crippen molar-refractivity contribution in [3.63, 3.8) is 0 Å². The molecule has 78 valence electrons. The van der Waals surface area contributed by atoms with E-state index >= 15 is 0 Å². The van der Waals surface area contributed by atoms with Crippen molar-refractivity contribution in [1.29, 1.82) is 0 Å². The Labute approximate surface area is 85.8 Å². The molecule has 7 heteroatoms. The van der Waals surface area contributed by atoms with Crippen LogP contribution in [0.5, 0.6) is 0 Å². The summed E-state index contributed by atoms with van der Waals surface area (Å²) in [5, 5.41) is -0.629. The molecule has 0 aliphatic rings. The highest BCUT2D eigenvalue weighted by atomic mass is 35.7. The monoisotopic (exact) mass is 236 g/mol. The topological polar surface area (TPSA) is 69.0 Å². The Kier molecular flexibility index (Phi) is 2.96. The van der Waals surface area contributed by atoms with Crippen LogP contribution < -0.4 is 5.56 Å². The van der Waals surface area contributed by atoms with Gasteiger partial charge in [0.25, 0.3) is 14.6 Å². The molecular weight excluding hydrogens is 228 g/mol. The number of aromatic nitrogens is 2. The fourth-order valence-corrected chi connectivity index (χ4v) is 1.80. The summed E-state index contributed by atoms with van der Waals surface area (Å²) in [7, 11) is 0.975. The number of halogens is 1. The van der Waals surface area contributed by atoms with Gasteiger partial charge in [-0.25, -0.2) is 13.4 Å². The molecule has 0 amide bonds. The van der Waals surface area contributed by atoms with E-state index in [1.54, 1.807) is 13.8 Å². The van der Waals surface area contributed by atoms with Crippen molar-refractivity contribution in [3.05, 3.63) is 22.7 Å². The molecule has 0 radical (unpaired) electrons. The third-order valence-corrected chi connectivity index (χ3v) is 2.80. The number of hydrogen-bond acceptors (Lipinski definition) is 4. The predicted octanol–water partition coefficient (Wildman–Crippen LogP) is 0.752. The Morgan fingerprint density at radius 1 is 1.50 bits per heavy atom. The second-order valence-corrected chi connectivity index (χ2v) is 5.46. The Bertz CT molecular complexity index is 492. The van der Waals surface area contributed by atoms with Crippen molar-refractivity contribution in [3.8, 4) is 0 Å². The first-order valence-electron chi connectivity index (χ1n) is 3.86. The second-order valence-electron chi connectivity index (χ2n) is 2.98. The van der Waals surface area contributed by atoms with E-state index in [0.717, 1.165) is 0 Å². The average molecular weight is 237 g/mol. The van der Waals surface area contributed by atoms with Crippen molar-refractivity contribution in [2.24, 2.45) is 0 Å². The summed E-state index contributed by atoms with van der Waals surface area (Å²) in [5.74, 6) is 0. The van der Waals surface area contributed by atoms with Gasteiger partial charge in [-0.3, -0.25) is 4.79 Å². The summed E-state index contributed by atoms with van der Waals surface area (Å²) in [6.07, 6.45) is 2.65. The zero-order chi connectivity index (χ0) is 10.9. The van der Waals surface area contributed by atoms with Gasteiger partial charge in [-0.15, -0.1) is 0 Å². The van der Waals surface area contributed by atoms with E-state index in [9.17, 15) is 13.2 Å². The van der Waals surface area contributed by atoms with E-state index in [4.69, 9.17) is 10.7 Å². The lowest BCUT2D eigenvalue weighted by Gasteiger charge is -2.08. The van der Waals surface area contributed by atoms with Crippen LogP contribution in [0.3, 0.4) is 0 Å². The second kappa shape index (κ2) is 3.70. The van der Waals surface area contributed by atoms with Gasteiger partial charge in [-0.1, -0.05) is 0 Å². The molecule has 0 aliphatic heterocycles. The highest BCUT2D eigenvalue weighted by Crippen LogP contribution is 2.07. The van der Waals surface area contributed by atoms with Crippen LogP contribution in [-0.4, -0.2) is 18.0 Å². The molecule has 0 spiro atoms. The molecule has 5 nitrogen and oxygen atoms in total. The molecule has 1 heterocycles. The zero-order valence-corrected chi connectivity index (χ0v) is 9.21. The SMILES string of the molecule is CC(C)n1ccnc(S(=O)(=O)Cl)c1=O. The smallest absolute Gasteiger partial charge is 0.289 e. The first-order chi connectivity index (χ1) is 6.34. The van der Waals surface area contributed by atoms with Crippen LogP contribution in [0.25, 0.3) is 0 Å². The fourth-order valence-electron chi connectivity index (χ4n) is 0.980. The molecule has 0 unspecified atom stereocenters. The van der Waals surface area contributed by atoms with Gasteiger partial charge in [0, 0.05) is 29.1 Å². The van der Waals surface area contributed by atoms with Crippen molar-refractivity contribution in [2.75, 3.05) is 0 Å². The quantitative estimate of drug-likeness (QED) is 0.711. The van der Waals surface area contributed by atoms with Gasteiger partial charge in [0.15, 0.2) is 0 Å². The molecule has 1 aromatic rings. The molecular formula is C7H9ClN2O3S. The van der Waals surface area contributed by atoms with E-state index in [1.165, 1.54) is 17.0 Å². The van der Waals surface area contributed by atoms with Crippen LogP contribution in [0.1, 0.15) is 19.9 Å². The lowest BCUT2D eigenvalue weighted by atomic mass is 10.4. The van der Waals surface area contributed by atoms with Gasteiger partial charge in [0.2, 0.25) is 5.03 Å². The Morgan fingerprint density at radius 2 is 2.07 bits per heavy atom. The molecule has 14 heavy (non-hydrogen) atoms. The van der Waals surface area contributed by atoms with Crippen LogP contribution in [-0.2, 0) is 9.05 Å². The number of hydrogen-bond donors (Lipinski definition) is 0. The molecule has 1 rings (SSSR count). The molecule has 0 bridgehead atoms. The third kappa shape index (κ3) is 2.13. The minimum Gasteiger partial charge on any atom is -0.309 e. The summed E-state index contributed by atoms with van der Waals surface area (Å²) in [6.45, 7) is 3.51. The molecule has 0 fully saturated rings. The van der Waals surface area contributed by atoms with Gasteiger partial charge in [0.1, 0.15) is 0 Å². The fraction of sp³-hybridized carbons (Fsp3) is 0.429. The largest absolute Gasteiger partial charge is 0.309 e. The molecule has 0 aliphatic carbocycles. The lowest BCUT2D eigenvalue weighted by Crippen LogP contribution is -2.26. The summed E-state index contributed by atoms with van der Waals surface area (Å²) in [4.78, 5) is 14.9.